The summed E-state index contributed by atoms with van der Waals surface area (Å²) in [6.07, 6.45) is 0. The molecule has 0 atom stereocenters. The zero-order valence-corrected chi connectivity index (χ0v) is 11.8. The van der Waals surface area contributed by atoms with E-state index in [-0.39, 0.29) is 6.03 Å². The van der Waals surface area contributed by atoms with Gasteiger partial charge in [-0.2, -0.15) is 0 Å². The third-order valence-corrected chi connectivity index (χ3v) is 2.84. The van der Waals surface area contributed by atoms with Crippen molar-refractivity contribution >= 4 is 17.4 Å². The lowest BCUT2D eigenvalue weighted by Gasteiger charge is -2.09. The quantitative estimate of drug-likeness (QED) is 0.740. The SMILES string of the molecule is Cc1cc(NC(=O)Nc2ccccc2)ccc1C#CCN. The minimum absolute atomic E-state index is 0.276. The maximum absolute atomic E-state index is 11.9. The van der Waals surface area contributed by atoms with Gasteiger partial charge in [0.2, 0.25) is 0 Å². The van der Waals surface area contributed by atoms with Gasteiger partial charge in [-0.3, -0.25) is 0 Å². The summed E-state index contributed by atoms with van der Waals surface area (Å²) in [5.41, 5.74) is 8.73. The number of hydrogen-bond donors (Lipinski definition) is 3. The van der Waals surface area contributed by atoms with Gasteiger partial charge in [-0.05, 0) is 42.8 Å². The van der Waals surface area contributed by atoms with E-state index in [9.17, 15) is 4.79 Å². The highest BCUT2D eigenvalue weighted by molar-refractivity contribution is 5.99. The first-order valence-electron chi connectivity index (χ1n) is 6.61. The Bertz CT molecular complexity index is 684. The molecule has 0 heterocycles. The van der Waals surface area contributed by atoms with E-state index >= 15 is 0 Å². The van der Waals surface area contributed by atoms with Crippen LogP contribution in [0, 0.1) is 18.8 Å². The van der Waals surface area contributed by atoms with Gasteiger partial charge in [-0.15, -0.1) is 0 Å². The molecule has 0 aliphatic carbocycles. The average Bonchev–Trinajstić information content (AvgIpc) is 2.47. The fourth-order valence-electron chi connectivity index (χ4n) is 1.84. The smallest absolute Gasteiger partial charge is 0.320 e. The summed E-state index contributed by atoms with van der Waals surface area (Å²) >= 11 is 0. The molecule has 0 saturated carbocycles. The predicted octanol–water partition coefficient (Wildman–Crippen LogP) is 2.95. The third kappa shape index (κ3) is 4.37. The summed E-state index contributed by atoms with van der Waals surface area (Å²) in [5.74, 6) is 5.81. The van der Waals surface area contributed by atoms with Gasteiger partial charge in [0.05, 0.1) is 6.54 Å². The molecule has 0 unspecified atom stereocenters. The van der Waals surface area contributed by atoms with E-state index in [4.69, 9.17) is 5.73 Å². The van der Waals surface area contributed by atoms with Crippen molar-refractivity contribution in [2.45, 2.75) is 6.92 Å². The van der Waals surface area contributed by atoms with E-state index in [0.717, 1.165) is 22.5 Å². The number of aryl methyl sites for hydroxylation is 1. The standard InChI is InChI=1S/C17H17N3O/c1-13-12-16(10-9-14(13)6-5-11-18)20-17(21)19-15-7-3-2-4-8-15/h2-4,7-10,12H,11,18H2,1H3,(H2,19,20,21). The molecule has 0 fully saturated rings. The first-order chi connectivity index (χ1) is 10.2. The third-order valence-electron chi connectivity index (χ3n) is 2.84. The summed E-state index contributed by atoms with van der Waals surface area (Å²) in [6.45, 7) is 2.28. The number of carbonyl (C=O) groups is 1. The van der Waals surface area contributed by atoms with Gasteiger partial charge in [0, 0.05) is 16.9 Å². The Kier molecular flexibility index (Phi) is 4.97. The van der Waals surface area contributed by atoms with Crippen LogP contribution in [0.15, 0.2) is 48.5 Å². The topological polar surface area (TPSA) is 67.2 Å². The number of para-hydroxylation sites is 1. The van der Waals surface area contributed by atoms with Crippen LogP contribution >= 0.6 is 0 Å². The Morgan fingerprint density at radius 3 is 2.48 bits per heavy atom. The van der Waals surface area contributed by atoms with Gasteiger partial charge < -0.3 is 16.4 Å². The second-order valence-electron chi connectivity index (χ2n) is 4.48. The molecule has 106 valence electrons. The Hall–Kier alpha value is -2.77. The summed E-state index contributed by atoms with van der Waals surface area (Å²) in [7, 11) is 0. The molecule has 2 aromatic rings. The first kappa shape index (κ1) is 14.6. The van der Waals surface area contributed by atoms with Crippen molar-refractivity contribution in [3.8, 4) is 11.8 Å². The molecule has 0 bridgehead atoms. The number of urea groups is 1. The lowest BCUT2D eigenvalue weighted by molar-refractivity contribution is 0.262. The van der Waals surface area contributed by atoms with Crippen molar-refractivity contribution in [3.05, 3.63) is 59.7 Å². The summed E-state index contributed by atoms with van der Waals surface area (Å²) in [4.78, 5) is 11.9. The van der Waals surface area contributed by atoms with Gasteiger partial charge in [-0.25, -0.2) is 4.79 Å². The minimum Gasteiger partial charge on any atom is -0.320 e. The molecule has 21 heavy (non-hydrogen) atoms. The number of anilines is 2. The Balaban J connectivity index is 2.03. The van der Waals surface area contributed by atoms with Crippen LogP contribution in [0.1, 0.15) is 11.1 Å². The molecule has 2 amide bonds. The Labute approximate surface area is 124 Å². The van der Waals surface area contributed by atoms with E-state index in [1.807, 2.05) is 55.5 Å². The lowest BCUT2D eigenvalue weighted by atomic mass is 10.1. The first-order valence-corrected chi connectivity index (χ1v) is 6.61. The van der Waals surface area contributed by atoms with Crippen LogP contribution in [-0.2, 0) is 0 Å². The number of amides is 2. The predicted molar refractivity (Wildman–Crippen MR) is 86.2 cm³/mol. The van der Waals surface area contributed by atoms with Gasteiger partial charge >= 0.3 is 6.03 Å². The van der Waals surface area contributed by atoms with E-state index in [1.54, 1.807) is 0 Å². The maximum atomic E-state index is 11.9. The van der Waals surface area contributed by atoms with E-state index < -0.39 is 0 Å². The minimum atomic E-state index is -0.276. The highest BCUT2D eigenvalue weighted by Crippen LogP contribution is 2.15. The molecule has 0 saturated heterocycles. The van der Waals surface area contributed by atoms with Crippen LogP contribution in [0.5, 0.6) is 0 Å². The van der Waals surface area contributed by atoms with Crippen molar-refractivity contribution in [1.29, 1.82) is 0 Å². The molecule has 0 aromatic heterocycles. The second-order valence-corrected chi connectivity index (χ2v) is 4.48. The van der Waals surface area contributed by atoms with Crippen LogP contribution < -0.4 is 16.4 Å². The molecular formula is C17H17N3O. The Morgan fingerprint density at radius 2 is 1.81 bits per heavy atom. The molecule has 0 aliphatic heterocycles. The van der Waals surface area contributed by atoms with Crippen LogP contribution in [0.25, 0.3) is 0 Å². The van der Waals surface area contributed by atoms with Crippen LogP contribution in [0.3, 0.4) is 0 Å². The number of carbonyl (C=O) groups excluding carboxylic acids is 1. The molecule has 4 N–H and O–H groups in total. The number of hydrogen-bond acceptors (Lipinski definition) is 2. The van der Waals surface area contributed by atoms with E-state index in [2.05, 4.69) is 22.5 Å². The molecule has 0 aliphatic rings. The van der Waals surface area contributed by atoms with Crippen LogP contribution in [-0.4, -0.2) is 12.6 Å². The molecule has 4 heteroatoms. The van der Waals surface area contributed by atoms with Crippen molar-refractivity contribution in [1.82, 2.24) is 0 Å². The molecule has 2 aromatic carbocycles. The highest BCUT2D eigenvalue weighted by Gasteiger charge is 2.03. The van der Waals surface area contributed by atoms with E-state index in [1.165, 1.54) is 0 Å². The van der Waals surface area contributed by atoms with Gasteiger partial charge in [-0.1, -0.05) is 30.0 Å². The lowest BCUT2D eigenvalue weighted by Crippen LogP contribution is -2.19. The van der Waals surface area contributed by atoms with Crippen molar-refractivity contribution in [3.63, 3.8) is 0 Å². The van der Waals surface area contributed by atoms with Gasteiger partial charge in [0.15, 0.2) is 0 Å². The molecule has 0 spiro atoms. The molecule has 0 radical (unpaired) electrons. The summed E-state index contributed by atoms with van der Waals surface area (Å²) < 4.78 is 0. The zero-order chi connectivity index (χ0) is 15.1. The van der Waals surface area contributed by atoms with E-state index in [0.29, 0.717) is 6.54 Å². The van der Waals surface area contributed by atoms with Crippen molar-refractivity contribution in [2.24, 2.45) is 5.73 Å². The normalized spacial score (nSPS) is 9.43. The largest absolute Gasteiger partial charge is 0.323 e. The molecule has 4 nitrogen and oxygen atoms in total. The van der Waals surface area contributed by atoms with Gasteiger partial charge in [0.25, 0.3) is 0 Å². The maximum Gasteiger partial charge on any atom is 0.323 e. The number of benzene rings is 2. The average molecular weight is 279 g/mol. The number of nitrogens with two attached hydrogens (primary N) is 1. The summed E-state index contributed by atoms with van der Waals surface area (Å²) in [6, 6.07) is 14.6. The van der Waals surface area contributed by atoms with Crippen molar-refractivity contribution in [2.75, 3.05) is 17.2 Å². The monoisotopic (exact) mass is 279 g/mol. The van der Waals surface area contributed by atoms with Gasteiger partial charge in [0.1, 0.15) is 0 Å². The number of nitrogens with one attached hydrogen (secondary N) is 2. The fraction of sp³-hybridized carbons (Fsp3) is 0.118. The molecular weight excluding hydrogens is 262 g/mol. The van der Waals surface area contributed by atoms with Crippen molar-refractivity contribution < 1.29 is 4.79 Å². The second kappa shape index (κ2) is 7.13. The van der Waals surface area contributed by atoms with Crippen LogP contribution in [0.2, 0.25) is 0 Å². The molecule has 2 rings (SSSR count). The summed E-state index contributed by atoms with van der Waals surface area (Å²) in [5, 5.41) is 5.56. The number of rotatable bonds is 2. The fourth-order valence-corrected chi connectivity index (χ4v) is 1.84. The zero-order valence-electron chi connectivity index (χ0n) is 11.8. The highest BCUT2D eigenvalue weighted by atomic mass is 16.2. The Morgan fingerprint density at radius 1 is 1.10 bits per heavy atom. The van der Waals surface area contributed by atoms with Crippen LogP contribution in [0.4, 0.5) is 16.2 Å².